The van der Waals surface area contributed by atoms with Crippen LogP contribution < -0.4 is 9.47 Å². The van der Waals surface area contributed by atoms with E-state index in [0.29, 0.717) is 0 Å². The molecule has 2 aliphatic rings. The van der Waals surface area contributed by atoms with E-state index in [0.717, 1.165) is 48.3 Å². The monoisotopic (exact) mass is 234 g/mol. The molecule has 0 atom stereocenters. The van der Waals surface area contributed by atoms with Crippen molar-refractivity contribution in [2.24, 2.45) is 0 Å². The number of hydrogen-bond acceptors (Lipinski definition) is 3. The molecule has 1 saturated carbocycles. The van der Waals surface area contributed by atoms with Crippen molar-refractivity contribution in [2.75, 3.05) is 6.79 Å². The maximum Gasteiger partial charge on any atom is 0.231 e. The Morgan fingerprint density at radius 2 is 1.71 bits per heavy atom. The van der Waals surface area contributed by atoms with Gasteiger partial charge in [0.15, 0.2) is 11.5 Å². The van der Waals surface area contributed by atoms with Gasteiger partial charge in [0, 0.05) is 0 Å². The van der Waals surface area contributed by atoms with Crippen molar-refractivity contribution in [2.45, 2.75) is 44.6 Å². The molecule has 1 aliphatic heterocycles. The molecule has 0 aromatic heterocycles. The van der Waals surface area contributed by atoms with Crippen molar-refractivity contribution in [1.82, 2.24) is 0 Å². The highest BCUT2D eigenvalue weighted by Gasteiger charge is 2.34. The number of fused-ring (bicyclic) bond motifs is 1. The second-order valence-corrected chi connectivity index (χ2v) is 5.11. The van der Waals surface area contributed by atoms with E-state index in [9.17, 15) is 5.11 Å². The minimum Gasteiger partial charge on any atom is -0.454 e. The summed E-state index contributed by atoms with van der Waals surface area (Å²) in [6.45, 7) is 2.32. The van der Waals surface area contributed by atoms with Crippen LogP contribution in [0.1, 0.15) is 43.2 Å². The standard InChI is InChI=1S/C14H18O3/c1-10-7-12-13(17-9-16-12)8-11(10)14(15)5-3-2-4-6-14/h7-8,15H,2-6,9H2,1H3. The minimum atomic E-state index is -0.663. The first-order chi connectivity index (χ1) is 8.19. The number of aliphatic hydroxyl groups is 1. The Morgan fingerprint density at radius 1 is 1.06 bits per heavy atom. The predicted molar refractivity (Wildman–Crippen MR) is 64.3 cm³/mol. The van der Waals surface area contributed by atoms with Gasteiger partial charge in [0.2, 0.25) is 6.79 Å². The van der Waals surface area contributed by atoms with Gasteiger partial charge in [-0.2, -0.15) is 0 Å². The normalized spacial score (nSPS) is 21.5. The Hall–Kier alpha value is -1.22. The van der Waals surface area contributed by atoms with Crippen molar-refractivity contribution in [1.29, 1.82) is 0 Å². The third-order valence-corrected chi connectivity index (χ3v) is 3.90. The molecule has 3 rings (SSSR count). The summed E-state index contributed by atoms with van der Waals surface area (Å²) in [5.74, 6) is 1.57. The Labute approximate surface area is 101 Å². The fourth-order valence-corrected chi connectivity index (χ4v) is 2.95. The summed E-state index contributed by atoms with van der Waals surface area (Å²) in [6.07, 6.45) is 5.14. The topological polar surface area (TPSA) is 38.7 Å². The maximum absolute atomic E-state index is 10.8. The molecule has 0 unspecified atom stereocenters. The lowest BCUT2D eigenvalue weighted by atomic mass is 9.78. The number of aryl methyl sites for hydroxylation is 1. The van der Waals surface area contributed by atoms with Crippen LogP contribution in [-0.4, -0.2) is 11.9 Å². The summed E-state index contributed by atoms with van der Waals surface area (Å²) >= 11 is 0. The molecule has 92 valence electrons. The lowest BCUT2D eigenvalue weighted by Gasteiger charge is -2.33. The molecule has 1 aromatic rings. The summed E-state index contributed by atoms with van der Waals surface area (Å²) in [5.41, 5.74) is 1.45. The van der Waals surface area contributed by atoms with Gasteiger partial charge in [0.25, 0.3) is 0 Å². The largest absolute Gasteiger partial charge is 0.454 e. The Morgan fingerprint density at radius 3 is 2.41 bits per heavy atom. The Bertz CT molecular complexity index is 433. The van der Waals surface area contributed by atoms with Crippen LogP contribution in [0.15, 0.2) is 12.1 Å². The van der Waals surface area contributed by atoms with Crippen LogP contribution in [0.25, 0.3) is 0 Å². The van der Waals surface area contributed by atoms with Crippen LogP contribution in [0.3, 0.4) is 0 Å². The van der Waals surface area contributed by atoms with Gasteiger partial charge in [0.1, 0.15) is 0 Å². The third kappa shape index (κ3) is 1.78. The SMILES string of the molecule is Cc1cc2c(cc1C1(O)CCCCC1)OCO2. The fourth-order valence-electron chi connectivity index (χ4n) is 2.95. The van der Waals surface area contributed by atoms with E-state index in [1.54, 1.807) is 0 Å². The molecule has 1 fully saturated rings. The van der Waals surface area contributed by atoms with Gasteiger partial charge in [-0.15, -0.1) is 0 Å². The number of hydrogen-bond donors (Lipinski definition) is 1. The summed E-state index contributed by atoms with van der Waals surface area (Å²) < 4.78 is 10.7. The predicted octanol–water partition coefficient (Wildman–Crippen LogP) is 2.88. The molecule has 1 aliphatic carbocycles. The molecule has 1 N–H and O–H groups in total. The average Bonchev–Trinajstić information content (AvgIpc) is 2.76. The number of benzene rings is 1. The lowest BCUT2D eigenvalue weighted by molar-refractivity contribution is -0.00132. The molecule has 0 bridgehead atoms. The maximum atomic E-state index is 10.8. The van der Waals surface area contributed by atoms with Gasteiger partial charge >= 0.3 is 0 Å². The molecule has 1 aromatic carbocycles. The Kier molecular flexibility index (Phi) is 2.51. The van der Waals surface area contributed by atoms with Crippen LogP contribution in [0, 0.1) is 6.92 Å². The molecule has 0 spiro atoms. The molecule has 0 radical (unpaired) electrons. The van der Waals surface area contributed by atoms with E-state index in [-0.39, 0.29) is 6.79 Å². The van der Waals surface area contributed by atoms with Crippen LogP contribution >= 0.6 is 0 Å². The first kappa shape index (κ1) is 10.9. The molecule has 1 heterocycles. The molecule has 0 amide bonds. The quantitative estimate of drug-likeness (QED) is 0.812. The third-order valence-electron chi connectivity index (χ3n) is 3.90. The van der Waals surface area contributed by atoms with Crippen molar-refractivity contribution >= 4 is 0 Å². The van der Waals surface area contributed by atoms with Crippen molar-refractivity contribution < 1.29 is 14.6 Å². The summed E-state index contributed by atoms with van der Waals surface area (Å²) in [5, 5.41) is 10.8. The smallest absolute Gasteiger partial charge is 0.231 e. The van der Waals surface area contributed by atoms with Crippen LogP contribution in [-0.2, 0) is 5.60 Å². The van der Waals surface area contributed by atoms with Crippen molar-refractivity contribution in [3.8, 4) is 11.5 Å². The van der Waals surface area contributed by atoms with E-state index in [4.69, 9.17) is 9.47 Å². The van der Waals surface area contributed by atoms with Crippen LogP contribution in [0.2, 0.25) is 0 Å². The zero-order chi connectivity index (χ0) is 11.9. The highest BCUT2D eigenvalue weighted by molar-refractivity contribution is 5.50. The molecule has 3 nitrogen and oxygen atoms in total. The van der Waals surface area contributed by atoms with Gasteiger partial charge < -0.3 is 14.6 Å². The second kappa shape index (κ2) is 3.91. The molecule has 0 saturated heterocycles. The van der Waals surface area contributed by atoms with E-state index >= 15 is 0 Å². The highest BCUT2D eigenvalue weighted by Crippen LogP contribution is 2.43. The van der Waals surface area contributed by atoms with Gasteiger partial charge in [-0.1, -0.05) is 19.3 Å². The molecule has 3 heteroatoms. The highest BCUT2D eigenvalue weighted by atomic mass is 16.7. The van der Waals surface area contributed by atoms with Crippen LogP contribution in [0.4, 0.5) is 0 Å². The first-order valence-electron chi connectivity index (χ1n) is 6.32. The van der Waals surface area contributed by atoms with E-state index in [1.807, 2.05) is 19.1 Å². The zero-order valence-electron chi connectivity index (χ0n) is 10.2. The van der Waals surface area contributed by atoms with Crippen molar-refractivity contribution in [3.05, 3.63) is 23.3 Å². The summed E-state index contributed by atoms with van der Waals surface area (Å²) in [4.78, 5) is 0. The first-order valence-corrected chi connectivity index (χ1v) is 6.32. The number of ether oxygens (including phenoxy) is 2. The van der Waals surface area contributed by atoms with E-state index in [1.165, 1.54) is 6.42 Å². The lowest BCUT2D eigenvalue weighted by Crippen LogP contribution is -2.29. The van der Waals surface area contributed by atoms with Gasteiger partial charge in [-0.05, 0) is 43.0 Å². The minimum absolute atomic E-state index is 0.288. The molecule has 17 heavy (non-hydrogen) atoms. The van der Waals surface area contributed by atoms with Gasteiger partial charge in [0.05, 0.1) is 5.60 Å². The Balaban J connectivity index is 2.02. The average molecular weight is 234 g/mol. The molecular formula is C14H18O3. The molecular weight excluding hydrogens is 216 g/mol. The van der Waals surface area contributed by atoms with Gasteiger partial charge in [-0.25, -0.2) is 0 Å². The summed E-state index contributed by atoms with van der Waals surface area (Å²) in [6, 6.07) is 3.94. The van der Waals surface area contributed by atoms with E-state index in [2.05, 4.69) is 0 Å². The zero-order valence-corrected chi connectivity index (χ0v) is 10.2. The van der Waals surface area contributed by atoms with Gasteiger partial charge in [-0.3, -0.25) is 0 Å². The van der Waals surface area contributed by atoms with E-state index < -0.39 is 5.60 Å². The fraction of sp³-hybridized carbons (Fsp3) is 0.571. The van der Waals surface area contributed by atoms with Crippen molar-refractivity contribution in [3.63, 3.8) is 0 Å². The number of rotatable bonds is 1. The van der Waals surface area contributed by atoms with Crippen LogP contribution in [0.5, 0.6) is 11.5 Å². The second-order valence-electron chi connectivity index (χ2n) is 5.11. The summed E-state index contributed by atoms with van der Waals surface area (Å²) in [7, 11) is 0.